The van der Waals surface area contributed by atoms with Gasteiger partial charge in [-0.25, -0.2) is 0 Å². The number of hydrogen-bond donors (Lipinski definition) is 0. The minimum Gasteiger partial charge on any atom is -0.469 e. The maximum atomic E-state index is 11.8. The molecule has 1 heterocycles. The van der Waals surface area contributed by atoms with E-state index in [0.717, 1.165) is 0 Å². The molecule has 0 aliphatic carbocycles. The minimum absolute atomic E-state index is 0.104. The molecule has 1 aliphatic rings. The van der Waals surface area contributed by atoms with Crippen molar-refractivity contribution in [3.63, 3.8) is 0 Å². The van der Waals surface area contributed by atoms with Gasteiger partial charge in [0.2, 0.25) is 5.91 Å². The topological polar surface area (TPSA) is 55.8 Å². The Morgan fingerprint density at radius 2 is 2.06 bits per heavy atom. The van der Waals surface area contributed by atoms with E-state index in [0.29, 0.717) is 38.5 Å². The van der Waals surface area contributed by atoms with E-state index in [4.69, 9.17) is 4.74 Å². The van der Waals surface area contributed by atoms with Crippen LogP contribution in [0.2, 0.25) is 0 Å². The maximum absolute atomic E-state index is 11.8. The van der Waals surface area contributed by atoms with E-state index in [2.05, 4.69) is 4.74 Å². The van der Waals surface area contributed by atoms with Gasteiger partial charge in [-0.2, -0.15) is 0 Å². The van der Waals surface area contributed by atoms with Crippen LogP contribution in [-0.4, -0.2) is 61.2 Å². The molecular weight excluding hydrogens is 242 g/mol. The molecule has 0 radical (unpaired) electrons. The molecule has 17 heavy (non-hydrogen) atoms. The van der Waals surface area contributed by atoms with Crippen LogP contribution in [0.4, 0.5) is 0 Å². The molecule has 98 valence electrons. The van der Waals surface area contributed by atoms with Crippen LogP contribution in [0.1, 0.15) is 13.3 Å². The van der Waals surface area contributed by atoms with Gasteiger partial charge in [-0.3, -0.25) is 9.59 Å². The zero-order valence-electron chi connectivity index (χ0n) is 10.3. The van der Waals surface area contributed by atoms with Crippen LogP contribution in [0.5, 0.6) is 0 Å². The first-order chi connectivity index (χ1) is 8.13. The Balaban J connectivity index is 2.20. The maximum Gasteiger partial charge on any atom is 0.306 e. The third-order valence-electron chi connectivity index (χ3n) is 2.54. The van der Waals surface area contributed by atoms with E-state index in [-0.39, 0.29) is 17.1 Å². The molecule has 1 fully saturated rings. The van der Waals surface area contributed by atoms with Gasteiger partial charge in [-0.1, -0.05) is 6.92 Å². The van der Waals surface area contributed by atoms with Gasteiger partial charge in [0.05, 0.1) is 32.5 Å². The summed E-state index contributed by atoms with van der Waals surface area (Å²) in [6.45, 7) is 4.51. The second-order valence-electron chi connectivity index (χ2n) is 3.90. The first-order valence-electron chi connectivity index (χ1n) is 5.67. The van der Waals surface area contributed by atoms with Crippen molar-refractivity contribution in [2.45, 2.75) is 18.6 Å². The fourth-order valence-electron chi connectivity index (χ4n) is 1.49. The van der Waals surface area contributed by atoms with Crippen LogP contribution in [0, 0.1) is 0 Å². The van der Waals surface area contributed by atoms with Crippen LogP contribution < -0.4 is 0 Å². The highest BCUT2D eigenvalue weighted by atomic mass is 32.2. The first-order valence-corrected chi connectivity index (χ1v) is 6.72. The van der Waals surface area contributed by atoms with Crippen LogP contribution in [0.15, 0.2) is 0 Å². The zero-order valence-corrected chi connectivity index (χ0v) is 11.1. The molecule has 0 aromatic heterocycles. The van der Waals surface area contributed by atoms with Gasteiger partial charge in [0, 0.05) is 18.3 Å². The second kappa shape index (κ2) is 7.55. The Morgan fingerprint density at radius 3 is 2.65 bits per heavy atom. The van der Waals surface area contributed by atoms with E-state index >= 15 is 0 Å². The van der Waals surface area contributed by atoms with Gasteiger partial charge in [-0.15, -0.1) is 11.8 Å². The number of morpholine rings is 1. The third-order valence-corrected chi connectivity index (χ3v) is 3.69. The van der Waals surface area contributed by atoms with Crippen molar-refractivity contribution < 1.29 is 19.1 Å². The lowest BCUT2D eigenvalue weighted by Gasteiger charge is -2.27. The lowest BCUT2D eigenvalue weighted by Crippen LogP contribution is -2.41. The third kappa shape index (κ3) is 5.41. The summed E-state index contributed by atoms with van der Waals surface area (Å²) < 4.78 is 9.76. The highest BCUT2D eigenvalue weighted by molar-refractivity contribution is 8.00. The molecular formula is C11H19NO4S. The van der Waals surface area contributed by atoms with Crippen molar-refractivity contribution in [3.05, 3.63) is 0 Å². The summed E-state index contributed by atoms with van der Waals surface area (Å²) in [6.07, 6.45) is 0.345. The number of rotatable bonds is 5. The van der Waals surface area contributed by atoms with E-state index in [9.17, 15) is 9.59 Å². The van der Waals surface area contributed by atoms with Crippen LogP contribution in [0.3, 0.4) is 0 Å². The Kier molecular flexibility index (Phi) is 6.36. The molecule has 1 saturated heterocycles. The largest absolute Gasteiger partial charge is 0.469 e. The summed E-state index contributed by atoms with van der Waals surface area (Å²) in [7, 11) is 1.37. The quantitative estimate of drug-likeness (QED) is 0.676. The molecule has 5 nitrogen and oxygen atoms in total. The van der Waals surface area contributed by atoms with E-state index in [1.807, 2.05) is 6.92 Å². The van der Waals surface area contributed by atoms with Gasteiger partial charge < -0.3 is 14.4 Å². The van der Waals surface area contributed by atoms with Crippen molar-refractivity contribution in [2.75, 3.05) is 39.2 Å². The average molecular weight is 261 g/mol. The average Bonchev–Trinajstić information content (AvgIpc) is 2.36. The van der Waals surface area contributed by atoms with Gasteiger partial charge >= 0.3 is 5.97 Å². The lowest BCUT2D eigenvalue weighted by molar-refractivity contribution is -0.140. The number of hydrogen-bond acceptors (Lipinski definition) is 5. The predicted molar refractivity (Wildman–Crippen MR) is 66.0 cm³/mol. The molecule has 1 unspecified atom stereocenters. The van der Waals surface area contributed by atoms with Crippen LogP contribution >= 0.6 is 11.8 Å². The van der Waals surface area contributed by atoms with Gasteiger partial charge in [0.1, 0.15) is 0 Å². The zero-order chi connectivity index (χ0) is 12.7. The Morgan fingerprint density at radius 1 is 1.41 bits per heavy atom. The van der Waals surface area contributed by atoms with Crippen molar-refractivity contribution in [1.82, 2.24) is 4.90 Å². The summed E-state index contributed by atoms with van der Waals surface area (Å²) in [5.41, 5.74) is 0. The number of methoxy groups -OCH3 is 1. The highest BCUT2D eigenvalue weighted by Crippen LogP contribution is 2.15. The number of esters is 1. The normalized spacial score (nSPS) is 17.6. The Labute approximate surface area is 106 Å². The number of nitrogens with zero attached hydrogens (tertiary/aromatic N) is 1. The van der Waals surface area contributed by atoms with Crippen molar-refractivity contribution in [2.24, 2.45) is 0 Å². The number of ether oxygens (including phenoxy) is 2. The van der Waals surface area contributed by atoms with Crippen molar-refractivity contribution in [3.8, 4) is 0 Å². The molecule has 1 atom stereocenters. The Hall–Kier alpha value is -0.750. The second-order valence-corrected chi connectivity index (χ2v) is 5.32. The summed E-state index contributed by atoms with van der Waals surface area (Å²) >= 11 is 1.49. The number of thioether (sulfide) groups is 1. The summed E-state index contributed by atoms with van der Waals surface area (Å²) in [5, 5.41) is 0.104. The van der Waals surface area contributed by atoms with E-state index < -0.39 is 0 Å². The van der Waals surface area contributed by atoms with Gasteiger partial charge in [0.15, 0.2) is 0 Å². The lowest BCUT2D eigenvalue weighted by atomic mass is 10.3. The van der Waals surface area contributed by atoms with Gasteiger partial charge in [-0.05, 0) is 0 Å². The monoisotopic (exact) mass is 261 g/mol. The molecule has 0 aromatic carbocycles. The first kappa shape index (κ1) is 14.3. The van der Waals surface area contributed by atoms with Gasteiger partial charge in [0.25, 0.3) is 0 Å². The fraction of sp³-hybridized carbons (Fsp3) is 0.818. The highest BCUT2D eigenvalue weighted by Gasteiger charge is 2.18. The molecule has 1 rings (SSSR count). The van der Waals surface area contributed by atoms with Crippen LogP contribution in [-0.2, 0) is 19.1 Å². The number of carbonyl (C=O) groups excluding carboxylic acids is 2. The number of amides is 1. The summed E-state index contributed by atoms with van der Waals surface area (Å²) in [4.78, 5) is 24.6. The molecule has 6 heteroatoms. The van der Waals surface area contributed by atoms with Crippen molar-refractivity contribution >= 4 is 23.6 Å². The fourth-order valence-corrected chi connectivity index (χ4v) is 2.36. The predicted octanol–water partition coefficient (Wildman–Crippen LogP) is 0.530. The smallest absolute Gasteiger partial charge is 0.306 e. The number of carbonyl (C=O) groups is 2. The van der Waals surface area contributed by atoms with E-state index in [1.165, 1.54) is 18.9 Å². The molecule has 0 saturated carbocycles. The molecule has 0 bridgehead atoms. The molecule has 1 amide bonds. The molecule has 0 spiro atoms. The molecule has 0 aromatic rings. The van der Waals surface area contributed by atoms with E-state index in [1.54, 1.807) is 4.90 Å². The minimum atomic E-state index is -0.233. The van der Waals surface area contributed by atoms with Crippen molar-refractivity contribution in [1.29, 1.82) is 0 Å². The standard InChI is InChI=1S/C11H19NO4S/c1-9(7-11(14)15-2)17-8-10(13)12-3-5-16-6-4-12/h9H,3-8H2,1-2H3. The van der Waals surface area contributed by atoms with Crippen LogP contribution in [0.25, 0.3) is 0 Å². The molecule has 0 N–H and O–H groups in total. The Bertz CT molecular complexity index is 266. The summed E-state index contributed by atoms with van der Waals surface area (Å²) in [6, 6.07) is 0. The molecule has 1 aliphatic heterocycles. The summed E-state index contributed by atoms with van der Waals surface area (Å²) in [5.74, 6) is 0.303. The SMILES string of the molecule is COC(=O)CC(C)SCC(=O)N1CCOCC1.